The Labute approximate surface area is 245 Å². The SMILES string of the molecule is CC(C)c1cc(CN)c2c(c1)B(O)OC2.CC(C)c1ccc2c(c1)B(O)OC2.CC(C)c1ccc2c(c1)B(O)OC2. The summed E-state index contributed by atoms with van der Waals surface area (Å²) in [6.07, 6.45) is 0. The number of fused-ring (bicyclic) bond motifs is 3. The zero-order chi connectivity index (χ0) is 29.8. The molecule has 0 amide bonds. The molecule has 3 aliphatic heterocycles. The molecule has 216 valence electrons. The van der Waals surface area contributed by atoms with Crippen molar-refractivity contribution < 1.29 is 29.0 Å². The topological polar surface area (TPSA) is 114 Å². The highest BCUT2D eigenvalue weighted by atomic mass is 16.5. The number of benzene rings is 3. The Morgan fingerprint density at radius 2 is 1.02 bits per heavy atom. The Hall–Kier alpha value is -2.43. The second-order valence-electron chi connectivity index (χ2n) is 11.8. The second kappa shape index (κ2) is 13.7. The molecule has 0 aliphatic carbocycles. The predicted octanol–water partition coefficient (Wildman–Crippen LogP) is 2.54. The van der Waals surface area contributed by atoms with Gasteiger partial charge in [0.1, 0.15) is 0 Å². The van der Waals surface area contributed by atoms with E-state index in [0.29, 0.717) is 44.1 Å². The van der Waals surface area contributed by atoms with Gasteiger partial charge in [0.2, 0.25) is 0 Å². The Kier molecular flexibility index (Phi) is 10.5. The number of rotatable bonds is 4. The zero-order valence-electron chi connectivity index (χ0n) is 25.1. The predicted molar refractivity (Wildman–Crippen MR) is 167 cm³/mol. The minimum Gasteiger partial charge on any atom is -0.423 e. The van der Waals surface area contributed by atoms with Gasteiger partial charge in [-0.15, -0.1) is 0 Å². The molecule has 3 heterocycles. The highest BCUT2D eigenvalue weighted by Crippen LogP contribution is 2.22. The molecule has 0 unspecified atom stereocenters. The molecule has 6 rings (SSSR count). The Bertz CT molecular complexity index is 1280. The lowest BCUT2D eigenvalue weighted by Gasteiger charge is -2.12. The van der Waals surface area contributed by atoms with Crippen LogP contribution in [0.1, 0.15) is 98.2 Å². The van der Waals surface area contributed by atoms with E-state index in [9.17, 15) is 15.1 Å². The quantitative estimate of drug-likeness (QED) is 0.365. The van der Waals surface area contributed by atoms with Crippen molar-refractivity contribution in [2.75, 3.05) is 0 Å². The highest BCUT2D eigenvalue weighted by Gasteiger charge is 2.30. The summed E-state index contributed by atoms with van der Waals surface area (Å²) in [5.74, 6) is 1.43. The zero-order valence-corrected chi connectivity index (χ0v) is 25.1. The maximum atomic E-state index is 9.64. The van der Waals surface area contributed by atoms with E-state index in [1.807, 2.05) is 30.3 Å². The maximum Gasteiger partial charge on any atom is 0.491 e. The van der Waals surface area contributed by atoms with Crippen molar-refractivity contribution in [3.05, 3.63) is 87.5 Å². The number of hydrogen-bond acceptors (Lipinski definition) is 7. The van der Waals surface area contributed by atoms with E-state index in [1.165, 1.54) is 16.7 Å². The first-order chi connectivity index (χ1) is 19.5. The molecule has 3 aromatic rings. The minimum absolute atomic E-state index is 0.438. The van der Waals surface area contributed by atoms with E-state index in [1.54, 1.807) is 0 Å². The third-order valence-electron chi connectivity index (χ3n) is 7.94. The molecule has 0 atom stereocenters. The van der Waals surface area contributed by atoms with Gasteiger partial charge in [0.15, 0.2) is 0 Å². The third kappa shape index (κ3) is 7.32. The van der Waals surface area contributed by atoms with Crippen LogP contribution < -0.4 is 22.1 Å². The average Bonchev–Trinajstić information content (AvgIpc) is 3.65. The summed E-state index contributed by atoms with van der Waals surface area (Å²) in [5, 5.41) is 28.6. The fourth-order valence-electron chi connectivity index (χ4n) is 5.13. The van der Waals surface area contributed by atoms with E-state index in [4.69, 9.17) is 19.7 Å². The molecule has 0 bridgehead atoms. The summed E-state index contributed by atoms with van der Waals surface area (Å²) in [7, 11) is -2.20. The summed E-state index contributed by atoms with van der Waals surface area (Å²) in [5.41, 5.74) is 16.5. The van der Waals surface area contributed by atoms with Gasteiger partial charge in [0.25, 0.3) is 0 Å². The molecule has 0 radical (unpaired) electrons. The van der Waals surface area contributed by atoms with Crippen LogP contribution in [0.4, 0.5) is 0 Å². The largest absolute Gasteiger partial charge is 0.491 e. The first kappa shape index (κ1) is 31.5. The highest BCUT2D eigenvalue weighted by molar-refractivity contribution is 6.62. The van der Waals surface area contributed by atoms with Crippen LogP contribution in [-0.2, 0) is 40.3 Å². The summed E-state index contributed by atoms with van der Waals surface area (Å²) in [6.45, 7) is 14.9. The lowest BCUT2D eigenvalue weighted by molar-refractivity contribution is 0.274. The van der Waals surface area contributed by atoms with Crippen LogP contribution in [0.15, 0.2) is 48.5 Å². The maximum absolute atomic E-state index is 9.64. The summed E-state index contributed by atoms with van der Waals surface area (Å²) < 4.78 is 15.4. The Balaban J connectivity index is 0.000000142. The molecule has 0 saturated carbocycles. The second-order valence-corrected chi connectivity index (χ2v) is 11.8. The molecule has 3 aliphatic rings. The van der Waals surface area contributed by atoms with Gasteiger partial charge in [-0.2, -0.15) is 0 Å². The van der Waals surface area contributed by atoms with E-state index >= 15 is 0 Å². The fourth-order valence-corrected chi connectivity index (χ4v) is 5.13. The molecule has 41 heavy (non-hydrogen) atoms. The normalized spacial score (nSPS) is 15.1. The van der Waals surface area contributed by atoms with E-state index < -0.39 is 21.4 Å². The van der Waals surface area contributed by atoms with Crippen molar-refractivity contribution in [2.45, 2.75) is 85.7 Å². The smallest absolute Gasteiger partial charge is 0.423 e. The Morgan fingerprint density at radius 1 is 0.610 bits per heavy atom. The summed E-state index contributed by atoms with van der Waals surface area (Å²) >= 11 is 0. The van der Waals surface area contributed by atoms with Crippen LogP contribution in [0.5, 0.6) is 0 Å². The number of hydrogen-bond donors (Lipinski definition) is 4. The van der Waals surface area contributed by atoms with Crippen molar-refractivity contribution >= 4 is 37.7 Å². The van der Waals surface area contributed by atoms with E-state index in [-0.39, 0.29) is 0 Å². The first-order valence-electron chi connectivity index (χ1n) is 14.5. The molecule has 10 heteroatoms. The van der Waals surface area contributed by atoms with Crippen LogP contribution in [0, 0.1) is 0 Å². The molecule has 7 nitrogen and oxygen atoms in total. The van der Waals surface area contributed by atoms with Crippen LogP contribution in [0.3, 0.4) is 0 Å². The lowest BCUT2D eigenvalue weighted by atomic mass is 9.76. The van der Waals surface area contributed by atoms with Gasteiger partial charge in [-0.3, -0.25) is 0 Å². The number of nitrogens with two attached hydrogens (primary N) is 1. The minimum atomic E-state index is -0.774. The first-order valence-corrected chi connectivity index (χ1v) is 14.5. The van der Waals surface area contributed by atoms with E-state index in [2.05, 4.69) is 59.7 Å². The van der Waals surface area contributed by atoms with Gasteiger partial charge in [0.05, 0.1) is 19.8 Å². The van der Waals surface area contributed by atoms with Crippen LogP contribution in [-0.4, -0.2) is 36.4 Å². The van der Waals surface area contributed by atoms with Gasteiger partial charge in [-0.1, -0.05) is 90.1 Å². The monoisotopic (exact) mass is 557 g/mol. The van der Waals surface area contributed by atoms with Gasteiger partial charge >= 0.3 is 21.4 Å². The standard InChI is InChI=1S/C11H16BNO2.2C10H13BO2/c1-7(2)8-3-9(5-13)10-6-15-12(14)11(10)4-8;2*1-7(2)8-3-4-9-6-13-11(12)10(9)5-8/h3-4,7,14H,5-6,13H2,1-2H3;2*3-5,7,12H,6H2,1-2H3. The summed E-state index contributed by atoms with van der Waals surface area (Å²) in [4.78, 5) is 0. The molecule has 0 spiro atoms. The van der Waals surface area contributed by atoms with Crippen molar-refractivity contribution in [1.29, 1.82) is 0 Å². The molecule has 0 fully saturated rings. The van der Waals surface area contributed by atoms with Crippen LogP contribution >= 0.6 is 0 Å². The molecular weight excluding hydrogens is 515 g/mol. The fraction of sp³-hybridized carbons (Fsp3) is 0.419. The Morgan fingerprint density at radius 3 is 1.46 bits per heavy atom. The van der Waals surface area contributed by atoms with Gasteiger partial charge in [-0.05, 0) is 73.1 Å². The average molecular weight is 557 g/mol. The van der Waals surface area contributed by atoms with Gasteiger partial charge in [0, 0.05) is 6.54 Å². The van der Waals surface area contributed by atoms with Crippen molar-refractivity contribution in [2.24, 2.45) is 5.73 Å². The lowest BCUT2D eigenvalue weighted by Crippen LogP contribution is -2.29. The summed E-state index contributed by atoms with van der Waals surface area (Å²) in [6, 6.07) is 16.5. The molecular formula is C31H42B3NO6. The van der Waals surface area contributed by atoms with Gasteiger partial charge < -0.3 is 34.8 Å². The molecule has 0 aromatic heterocycles. The van der Waals surface area contributed by atoms with Gasteiger partial charge in [-0.25, -0.2) is 0 Å². The molecule has 0 saturated heterocycles. The van der Waals surface area contributed by atoms with Crippen LogP contribution in [0.25, 0.3) is 0 Å². The van der Waals surface area contributed by atoms with Crippen molar-refractivity contribution in [1.82, 2.24) is 0 Å². The van der Waals surface area contributed by atoms with Crippen molar-refractivity contribution in [3.63, 3.8) is 0 Å². The molecule has 5 N–H and O–H groups in total. The molecule has 3 aromatic carbocycles. The van der Waals surface area contributed by atoms with Crippen molar-refractivity contribution in [3.8, 4) is 0 Å². The van der Waals surface area contributed by atoms with Crippen LogP contribution in [0.2, 0.25) is 0 Å². The van der Waals surface area contributed by atoms with E-state index in [0.717, 1.165) is 38.6 Å². The third-order valence-corrected chi connectivity index (χ3v) is 7.94.